The smallest absolute Gasteiger partial charge is 0.253 e. The van der Waals surface area contributed by atoms with Gasteiger partial charge in [-0.2, -0.15) is 4.31 Å². The number of benzene rings is 2. The van der Waals surface area contributed by atoms with Gasteiger partial charge >= 0.3 is 0 Å². The largest absolute Gasteiger partial charge is 0.457 e. The Balaban J connectivity index is 1.37. The lowest BCUT2D eigenvalue weighted by molar-refractivity contribution is -0.122. The molecule has 3 aromatic rings. The number of Topliss-reactive ketones (excluding diaryl/α,β-unsaturated/α-hetero) is 1. The molecule has 2 heterocycles. The molecule has 1 aromatic heterocycles. The Labute approximate surface area is 191 Å². The molecule has 0 aliphatic carbocycles. The van der Waals surface area contributed by atoms with Crippen LogP contribution in [0.1, 0.15) is 24.8 Å². The minimum absolute atomic E-state index is 0.0478. The third-order valence-electron chi connectivity index (χ3n) is 5.25. The van der Waals surface area contributed by atoms with Crippen LogP contribution in [0.15, 0.2) is 70.9 Å². The number of ether oxygens (including phenoxy) is 1. The van der Waals surface area contributed by atoms with Crippen molar-refractivity contribution >= 4 is 38.7 Å². The first-order chi connectivity index (χ1) is 14.9. The van der Waals surface area contributed by atoms with Gasteiger partial charge in [0.2, 0.25) is 0 Å². The summed E-state index contributed by atoms with van der Waals surface area (Å²) in [7, 11) is -3.70. The van der Waals surface area contributed by atoms with Gasteiger partial charge in [0, 0.05) is 13.0 Å². The number of rotatable bonds is 8. The van der Waals surface area contributed by atoms with Crippen LogP contribution >= 0.6 is 22.9 Å². The van der Waals surface area contributed by atoms with E-state index < -0.39 is 16.1 Å². The molecule has 4 rings (SSSR count). The molecule has 1 atom stereocenters. The Kier molecular flexibility index (Phi) is 6.77. The molecule has 0 unspecified atom stereocenters. The van der Waals surface area contributed by atoms with Gasteiger partial charge in [-0.3, -0.25) is 4.79 Å². The number of para-hydroxylation sites is 1. The first-order valence-corrected chi connectivity index (χ1v) is 12.7. The summed E-state index contributed by atoms with van der Waals surface area (Å²) in [6.07, 6.45) is 2.09. The number of thiophene rings is 1. The number of ketones is 1. The first-order valence-electron chi connectivity index (χ1n) is 10.1. The second kappa shape index (κ2) is 9.53. The standard InChI is InChI=1S/C23H22ClNO4S2/c24-22-14-15-23(30-22)31(27,28)25-16-4-7-20(25)21(26)13-10-17-8-11-19(12-9-17)29-18-5-2-1-3-6-18/h1-3,5-6,8-9,11-12,14-15,20H,4,7,10,13,16H2/t20-/m0/s1. The van der Waals surface area contributed by atoms with Crippen LogP contribution in [0, 0.1) is 0 Å². The Morgan fingerprint density at radius 2 is 1.74 bits per heavy atom. The van der Waals surface area contributed by atoms with Gasteiger partial charge in [0.1, 0.15) is 15.7 Å². The Morgan fingerprint density at radius 3 is 2.42 bits per heavy atom. The summed E-state index contributed by atoms with van der Waals surface area (Å²) in [5.74, 6) is 1.44. The van der Waals surface area contributed by atoms with Crippen LogP contribution < -0.4 is 4.74 Å². The van der Waals surface area contributed by atoms with Crippen molar-refractivity contribution in [1.82, 2.24) is 4.31 Å². The maximum absolute atomic E-state index is 12.9. The van der Waals surface area contributed by atoms with E-state index in [0.717, 1.165) is 28.4 Å². The van der Waals surface area contributed by atoms with Crippen LogP contribution in [-0.2, 0) is 21.2 Å². The van der Waals surface area contributed by atoms with E-state index in [9.17, 15) is 13.2 Å². The van der Waals surface area contributed by atoms with Gasteiger partial charge in [-0.05, 0) is 61.2 Å². The molecule has 1 aliphatic heterocycles. The lowest BCUT2D eigenvalue weighted by Gasteiger charge is -2.22. The number of hydrogen-bond donors (Lipinski definition) is 0. The minimum atomic E-state index is -3.70. The highest BCUT2D eigenvalue weighted by atomic mass is 35.5. The van der Waals surface area contributed by atoms with Crippen LogP contribution in [-0.4, -0.2) is 31.1 Å². The first kappa shape index (κ1) is 22.0. The molecule has 0 saturated carbocycles. The van der Waals surface area contributed by atoms with Crippen molar-refractivity contribution in [2.45, 2.75) is 35.9 Å². The lowest BCUT2D eigenvalue weighted by atomic mass is 10.0. The van der Waals surface area contributed by atoms with E-state index in [1.807, 2.05) is 54.6 Å². The molecule has 31 heavy (non-hydrogen) atoms. The van der Waals surface area contributed by atoms with E-state index in [-0.39, 0.29) is 9.99 Å². The average Bonchev–Trinajstić information content (AvgIpc) is 3.44. The fourth-order valence-electron chi connectivity index (χ4n) is 3.68. The number of halogens is 1. The van der Waals surface area contributed by atoms with Crippen molar-refractivity contribution in [3.05, 3.63) is 76.6 Å². The monoisotopic (exact) mass is 475 g/mol. The predicted molar refractivity (Wildman–Crippen MR) is 123 cm³/mol. The summed E-state index contributed by atoms with van der Waals surface area (Å²) in [5, 5.41) is 0. The predicted octanol–water partition coefficient (Wildman–Crippen LogP) is 5.55. The summed E-state index contributed by atoms with van der Waals surface area (Å²) in [6, 6.07) is 19.6. The van der Waals surface area contributed by atoms with Gasteiger partial charge in [0.05, 0.1) is 10.4 Å². The van der Waals surface area contributed by atoms with E-state index in [1.54, 1.807) is 6.07 Å². The van der Waals surface area contributed by atoms with E-state index in [4.69, 9.17) is 16.3 Å². The molecule has 1 saturated heterocycles. The highest BCUT2D eigenvalue weighted by Crippen LogP contribution is 2.33. The maximum Gasteiger partial charge on any atom is 0.253 e. The van der Waals surface area contributed by atoms with E-state index in [1.165, 1.54) is 10.4 Å². The topological polar surface area (TPSA) is 63.7 Å². The quantitative estimate of drug-likeness (QED) is 0.428. The van der Waals surface area contributed by atoms with Gasteiger partial charge in [0.15, 0.2) is 5.78 Å². The number of hydrogen-bond acceptors (Lipinski definition) is 5. The number of carbonyl (C=O) groups excluding carboxylic acids is 1. The minimum Gasteiger partial charge on any atom is -0.457 e. The van der Waals surface area contributed by atoms with Crippen molar-refractivity contribution in [3.8, 4) is 11.5 Å². The number of aryl methyl sites for hydroxylation is 1. The third-order valence-corrected chi connectivity index (χ3v) is 8.86. The van der Waals surface area contributed by atoms with Gasteiger partial charge in [-0.15, -0.1) is 11.3 Å². The molecule has 0 N–H and O–H groups in total. The zero-order valence-electron chi connectivity index (χ0n) is 16.7. The molecule has 0 bridgehead atoms. The summed E-state index contributed by atoms with van der Waals surface area (Å²) in [5.41, 5.74) is 1.01. The molecule has 8 heteroatoms. The number of nitrogens with zero attached hydrogens (tertiary/aromatic N) is 1. The summed E-state index contributed by atoms with van der Waals surface area (Å²) < 4.78 is 33.6. The molecule has 162 valence electrons. The number of sulfonamides is 1. The van der Waals surface area contributed by atoms with Crippen LogP contribution in [0.5, 0.6) is 11.5 Å². The lowest BCUT2D eigenvalue weighted by Crippen LogP contribution is -2.40. The van der Waals surface area contributed by atoms with Crippen LogP contribution in [0.3, 0.4) is 0 Å². The average molecular weight is 476 g/mol. The zero-order chi connectivity index (χ0) is 21.8. The summed E-state index contributed by atoms with van der Waals surface area (Å²) in [6.45, 7) is 0.361. The SMILES string of the molecule is O=C(CCc1ccc(Oc2ccccc2)cc1)[C@@H]1CCCN1S(=O)(=O)c1ccc(Cl)s1. The fraction of sp³-hybridized carbons (Fsp3) is 0.261. The molecule has 0 spiro atoms. The molecule has 0 radical (unpaired) electrons. The van der Waals surface area contributed by atoms with Crippen molar-refractivity contribution in [2.75, 3.05) is 6.54 Å². The molecule has 5 nitrogen and oxygen atoms in total. The molecule has 2 aromatic carbocycles. The summed E-state index contributed by atoms with van der Waals surface area (Å²) >= 11 is 6.93. The molecule has 1 fully saturated rings. The zero-order valence-corrected chi connectivity index (χ0v) is 19.1. The summed E-state index contributed by atoms with van der Waals surface area (Å²) in [4.78, 5) is 12.9. The Hall–Kier alpha value is -2.19. The Bertz CT molecular complexity index is 1140. The van der Waals surface area contributed by atoms with Gasteiger partial charge in [0.25, 0.3) is 10.0 Å². The van der Waals surface area contributed by atoms with Crippen LogP contribution in [0.2, 0.25) is 4.34 Å². The molecular weight excluding hydrogens is 454 g/mol. The fourth-order valence-corrected chi connectivity index (χ4v) is 6.97. The van der Waals surface area contributed by atoms with Crippen molar-refractivity contribution in [3.63, 3.8) is 0 Å². The van der Waals surface area contributed by atoms with Crippen LogP contribution in [0.25, 0.3) is 0 Å². The van der Waals surface area contributed by atoms with E-state index in [2.05, 4.69) is 0 Å². The van der Waals surface area contributed by atoms with Crippen molar-refractivity contribution in [2.24, 2.45) is 0 Å². The second-order valence-corrected chi connectivity index (χ2v) is 11.2. The highest BCUT2D eigenvalue weighted by Gasteiger charge is 2.39. The van der Waals surface area contributed by atoms with E-state index in [0.29, 0.717) is 36.6 Å². The Morgan fingerprint density at radius 1 is 1.03 bits per heavy atom. The normalized spacial score (nSPS) is 17.0. The van der Waals surface area contributed by atoms with Crippen molar-refractivity contribution in [1.29, 1.82) is 0 Å². The highest BCUT2D eigenvalue weighted by molar-refractivity contribution is 7.91. The van der Waals surface area contributed by atoms with Gasteiger partial charge in [-0.1, -0.05) is 41.9 Å². The number of carbonyl (C=O) groups is 1. The van der Waals surface area contributed by atoms with Crippen LogP contribution in [0.4, 0.5) is 0 Å². The molecule has 1 aliphatic rings. The third kappa shape index (κ3) is 5.18. The molecular formula is C23H22ClNO4S2. The van der Waals surface area contributed by atoms with E-state index >= 15 is 0 Å². The maximum atomic E-state index is 12.9. The second-order valence-electron chi connectivity index (χ2n) is 7.36. The molecule has 0 amide bonds. The van der Waals surface area contributed by atoms with Gasteiger partial charge in [-0.25, -0.2) is 8.42 Å². The van der Waals surface area contributed by atoms with Gasteiger partial charge < -0.3 is 4.74 Å². The van der Waals surface area contributed by atoms with Crippen molar-refractivity contribution < 1.29 is 17.9 Å².